The van der Waals surface area contributed by atoms with Crippen molar-refractivity contribution in [2.45, 2.75) is 193 Å². The lowest BCUT2D eigenvalue weighted by atomic mass is 10.1. The molecule has 0 aliphatic carbocycles. The third-order valence-electron chi connectivity index (χ3n) is 8.19. The first kappa shape index (κ1) is 45.5. The first-order valence-corrected chi connectivity index (χ1v) is 20.7. The van der Waals surface area contributed by atoms with Crippen LogP contribution in [0.2, 0.25) is 0 Å². The number of phosphoric acid groups is 1. The lowest BCUT2D eigenvalue weighted by Crippen LogP contribution is -2.29. The lowest BCUT2D eigenvalue weighted by molar-refractivity contribution is -0.161. The number of carbonyl (C=O) groups excluding carboxylic acids is 2. The molecule has 0 unspecified atom stereocenters. The molecular formula is C38H71O8P. The van der Waals surface area contributed by atoms with Crippen molar-refractivity contribution in [2.75, 3.05) is 13.2 Å². The van der Waals surface area contributed by atoms with Crippen LogP contribution in [0.5, 0.6) is 0 Å². The van der Waals surface area contributed by atoms with Gasteiger partial charge < -0.3 is 19.3 Å². The highest BCUT2D eigenvalue weighted by Crippen LogP contribution is 2.36. The Labute approximate surface area is 288 Å². The topological polar surface area (TPSA) is 119 Å². The first-order valence-electron chi connectivity index (χ1n) is 19.1. The number of hydrogen-bond acceptors (Lipinski definition) is 6. The van der Waals surface area contributed by atoms with Crippen LogP contribution in [-0.4, -0.2) is 41.0 Å². The minimum Gasteiger partial charge on any atom is -0.462 e. The van der Waals surface area contributed by atoms with Gasteiger partial charge in [0.15, 0.2) is 6.10 Å². The second-order valence-corrected chi connectivity index (χ2v) is 14.1. The van der Waals surface area contributed by atoms with Crippen LogP contribution in [0.4, 0.5) is 0 Å². The number of allylic oxidation sites excluding steroid dienone is 4. The van der Waals surface area contributed by atoms with E-state index >= 15 is 0 Å². The van der Waals surface area contributed by atoms with Gasteiger partial charge in [-0.2, -0.15) is 0 Å². The van der Waals surface area contributed by atoms with Crippen LogP contribution in [0.25, 0.3) is 0 Å². The Hall–Kier alpha value is -1.47. The van der Waals surface area contributed by atoms with Gasteiger partial charge in [-0.05, 0) is 64.2 Å². The third kappa shape index (κ3) is 37.2. The van der Waals surface area contributed by atoms with Crippen LogP contribution in [0, 0.1) is 0 Å². The summed E-state index contributed by atoms with van der Waals surface area (Å²) in [5, 5.41) is 0. The van der Waals surface area contributed by atoms with E-state index in [4.69, 9.17) is 19.3 Å². The quantitative estimate of drug-likeness (QED) is 0.0292. The Balaban J connectivity index is 3.98. The summed E-state index contributed by atoms with van der Waals surface area (Å²) in [6.07, 6.45) is 37.5. The van der Waals surface area contributed by atoms with Crippen LogP contribution in [0.1, 0.15) is 187 Å². The fourth-order valence-corrected chi connectivity index (χ4v) is 5.66. The molecule has 1 atom stereocenters. The highest BCUT2D eigenvalue weighted by Gasteiger charge is 2.22. The number of hydrogen-bond donors (Lipinski definition) is 2. The molecule has 0 aromatic carbocycles. The van der Waals surface area contributed by atoms with Gasteiger partial charge in [0.1, 0.15) is 6.61 Å². The molecule has 0 aliphatic rings. The van der Waals surface area contributed by atoms with Crippen molar-refractivity contribution in [1.29, 1.82) is 0 Å². The maximum absolute atomic E-state index is 12.4. The van der Waals surface area contributed by atoms with Gasteiger partial charge >= 0.3 is 19.8 Å². The standard InChI is InChI=1S/C38H71O8P/c1-3-5-7-9-11-13-15-17-19-21-23-25-27-29-31-33-38(40)46-36(35-45-47(41,42)43)34-44-37(39)32-30-28-26-24-22-20-18-16-14-12-10-8-6-4-2/h16-19,36H,3-15,20-35H2,1-2H3,(H2,41,42,43)/b18-16-,19-17-/t36-/m1/s1. The Morgan fingerprint density at radius 3 is 1.30 bits per heavy atom. The van der Waals surface area contributed by atoms with Gasteiger partial charge in [0.25, 0.3) is 0 Å². The van der Waals surface area contributed by atoms with E-state index in [0.29, 0.717) is 12.8 Å². The largest absolute Gasteiger partial charge is 0.469 e. The van der Waals surface area contributed by atoms with Crippen molar-refractivity contribution in [3.05, 3.63) is 24.3 Å². The SMILES string of the molecule is CCCCCCC/C=C\CCCCCCCC(=O)OC[C@H](COP(=O)(O)O)OC(=O)CCCCCCC/C=C\CCCCCCCC. The van der Waals surface area contributed by atoms with Crippen LogP contribution >= 0.6 is 7.82 Å². The molecule has 276 valence electrons. The Kier molecular flexibility index (Phi) is 33.3. The van der Waals surface area contributed by atoms with Crippen LogP contribution < -0.4 is 0 Å². The van der Waals surface area contributed by atoms with Crippen molar-refractivity contribution in [3.63, 3.8) is 0 Å². The maximum atomic E-state index is 12.4. The fraction of sp³-hybridized carbons (Fsp3) is 0.842. The van der Waals surface area contributed by atoms with Crippen molar-refractivity contribution >= 4 is 19.8 Å². The predicted octanol–water partition coefficient (Wildman–Crippen LogP) is 11.2. The molecule has 9 heteroatoms. The minimum absolute atomic E-state index is 0.202. The molecule has 0 aliphatic heterocycles. The zero-order valence-corrected chi connectivity index (χ0v) is 31.1. The van der Waals surface area contributed by atoms with Gasteiger partial charge in [-0.15, -0.1) is 0 Å². The van der Waals surface area contributed by atoms with Gasteiger partial charge in [-0.3, -0.25) is 14.1 Å². The average molecular weight is 687 g/mol. The van der Waals surface area contributed by atoms with E-state index in [-0.39, 0.29) is 19.4 Å². The summed E-state index contributed by atoms with van der Waals surface area (Å²) in [6, 6.07) is 0. The molecule has 8 nitrogen and oxygen atoms in total. The summed E-state index contributed by atoms with van der Waals surface area (Å²) in [4.78, 5) is 42.7. The molecule has 0 saturated carbocycles. The highest BCUT2D eigenvalue weighted by atomic mass is 31.2. The summed E-state index contributed by atoms with van der Waals surface area (Å²) in [6.45, 7) is 3.65. The molecule has 0 bridgehead atoms. The molecule has 0 saturated heterocycles. The van der Waals surface area contributed by atoms with E-state index in [2.05, 4.69) is 42.7 Å². The number of unbranched alkanes of at least 4 members (excludes halogenated alkanes) is 21. The Morgan fingerprint density at radius 2 is 0.894 bits per heavy atom. The molecule has 0 radical (unpaired) electrons. The van der Waals surface area contributed by atoms with Crippen LogP contribution in [0.15, 0.2) is 24.3 Å². The summed E-state index contributed by atoms with van der Waals surface area (Å²) < 4.78 is 26.3. The van der Waals surface area contributed by atoms with E-state index in [1.165, 1.54) is 83.5 Å². The van der Waals surface area contributed by atoms with Gasteiger partial charge in [0, 0.05) is 12.8 Å². The van der Waals surface area contributed by atoms with E-state index in [1.807, 2.05) is 0 Å². The average Bonchev–Trinajstić information content (AvgIpc) is 3.03. The molecule has 0 rings (SSSR count). The molecule has 47 heavy (non-hydrogen) atoms. The van der Waals surface area contributed by atoms with E-state index in [1.54, 1.807) is 0 Å². The van der Waals surface area contributed by atoms with Crippen LogP contribution in [0.3, 0.4) is 0 Å². The molecule has 0 spiro atoms. The molecule has 0 amide bonds. The lowest BCUT2D eigenvalue weighted by Gasteiger charge is -2.18. The number of phosphoric ester groups is 1. The Morgan fingerprint density at radius 1 is 0.532 bits per heavy atom. The van der Waals surface area contributed by atoms with Gasteiger partial charge in [-0.25, -0.2) is 4.57 Å². The second-order valence-electron chi connectivity index (χ2n) is 12.9. The third-order valence-corrected chi connectivity index (χ3v) is 8.68. The maximum Gasteiger partial charge on any atom is 0.469 e. The minimum atomic E-state index is -4.75. The van der Waals surface area contributed by atoms with Gasteiger partial charge in [-0.1, -0.05) is 134 Å². The van der Waals surface area contributed by atoms with Crippen molar-refractivity contribution in [2.24, 2.45) is 0 Å². The number of carbonyl (C=O) groups is 2. The number of esters is 2. The second kappa shape index (κ2) is 34.4. The molecule has 0 fully saturated rings. The van der Waals surface area contributed by atoms with Crippen molar-refractivity contribution in [3.8, 4) is 0 Å². The fourth-order valence-electron chi connectivity index (χ4n) is 5.30. The van der Waals surface area contributed by atoms with Crippen LogP contribution in [-0.2, 0) is 28.2 Å². The number of rotatable bonds is 35. The van der Waals surface area contributed by atoms with Gasteiger partial charge in [0.05, 0.1) is 6.61 Å². The molecule has 0 heterocycles. The number of ether oxygens (including phenoxy) is 2. The normalized spacial score (nSPS) is 12.7. The van der Waals surface area contributed by atoms with Crippen molar-refractivity contribution < 1.29 is 37.9 Å². The van der Waals surface area contributed by atoms with Crippen molar-refractivity contribution in [1.82, 2.24) is 0 Å². The smallest absolute Gasteiger partial charge is 0.462 e. The summed E-state index contributed by atoms with van der Waals surface area (Å²) >= 11 is 0. The molecule has 0 aromatic heterocycles. The zero-order valence-electron chi connectivity index (χ0n) is 30.2. The summed E-state index contributed by atoms with van der Waals surface area (Å²) in [7, 11) is -4.75. The highest BCUT2D eigenvalue weighted by molar-refractivity contribution is 7.46. The predicted molar refractivity (Wildman–Crippen MR) is 193 cm³/mol. The molecule has 0 aromatic rings. The van der Waals surface area contributed by atoms with E-state index < -0.39 is 32.5 Å². The monoisotopic (exact) mass is 686 g/mol. The Bertz CT molecular complexity index is 823. The first-order chi connectivity index (χ1) is 22.8. The van der Waals surface area contributed by atoms with E-state index in [9.17, 15) is 14.2 Å². The molecular weight excluding hydrogens is 615 g/mol. The summed E-state index contributed by atoms with van der Waals surface area (Å²) in [5.74, 6) is -0.902. The van der Waals surface area contributed by atoms with Gasteiger partial charge in [0.2, 0.25) is 0 Å². The zero-order chi connectivity index (χ0) is 34.7. The van der Waals surface area contributed by atoms with E-state index in [0.717, 1.165) is 64.2 Å². The molecule has 2 N–H and O–H groups in total. The summed E-state index contributed by atoms with van der Waals surface area (Å²) in [5.41, 5.74) is 0.